The highest BCUT2D eigenvalue weighted by atomic mass is 16.5. The standard InChI is InChI=1S/C14H30N2O/c1-5-14(15-6-2)8-7-9-16-10-12(3)17-13(4)11-16/h12-15H,5-11H2,1-4H3/t12-,13+,14?. The van der Waals surface area contributed by atoms with E-state index in [1.54, 1.807) is 0 Å². The predicted octanol–water partition coefficient (Wildman–Crippen LogP) is 2.26. The summed E-state index contributed by atoms with van der Waals surface area (Å²) in [6.07, 6.45) is 4.63. The second-order valence-electron chi connectivity index (χ2n) is 5.32. The Labute approximate surface area is 107 Å². The molecule has 3 heteroatoms. The van der Waals surface area contributed by atoms with E-state index in [0.29, 0.717) is 18.2 Å². The van der Waals surface area contributed by atoms with Crippen molar-refractivity contribution >= 4 is 0 Å². The Morgan fingerprint density at radius 1 is 1.24 bits per heavy atom. The lowest BCUT2D eigenvalue weighted by atomic mass is 10.1. The predicted molar refractivity (Wildman–Crippen MR) is 73.4 cm³/mol. The maximum absolute atomic E-state index is 5.75. The first-order valence-electron chi connectivity index (χ1n) is 7.26. The average molecular weight is 242 g/mol. The van der Waals surface area contributed by atoms with Crippen LogP contribution in [0.15, 0.2) is 0 Å². The van der Waals surface area contributed by atoms with Gasteiger partial charge in [-0.3, -0.25) is 4.90 Å². The Morgan fingerprint density at radius 3 is 2.41 bits per heavy atom. The summed E-state index contributed by atoms with van der Waals surface area (Å²) >= 11 is 0. The normalized spacial score (nSPS) is 28.2. The van der Waals surface area contributed by atoms with Crippen LogP contribution in [0.25, 0.3) is 0 Å². The van der Waals surface area contributed by atoms with E-state index in [1.807, 2.05) is 0 Å². The van der Waals surface area contributed by atoms with Crippen LogP contribution in [0.1, 0.15) is 47.0 Å². The molecule has 0 bridgehead atoms. The molecule has 17 heavy (non-hydrogen) atoms. The Balaban J connectivity index is 2.16. The Bertz CT molecular complexity index is 189. The van der Waals surface area contributed by atoms with Crippen molar-refractivity contribution in [1.82, 2.24) is 10.2 Å². The van der Waals surface area contributed by atoms with Gasteiger partial charge in [-0.25, -0.2) is 0 Å². The van der Waals surface area contributed by atoms with Crippen LogP contribution in [0.2, 0.25) is 0 Å². The number of hydrogen-bond acceptors (Lipinski definition) is 3. The van der Waals surface area contributed by atoms with Gasteiger partial charge in [-0.15, -0.1) is 0 Å². The number of rotatable bonds is 7. The van der Waals surface area contributed by atoms with E-state index in [-0.39, 0.29) is 0 Å². The molecule has 1 aliphatic heterocycles. The summed E-state index contributed by atoms with van der Waals surface area (Å²) in [4.78, 5) is 2.55. The zero-order valence-electron chi connectivity index (χ0n) is 12.0. The average Bonchev–Trinajstić information content (AvgIpc) is 2.26. The minimum Gasteiger partial charge on any atom is -0.373 e. The van der Waals surface area contributed by atoms with E-state index in [2.05, 4.69) is 37.9 Å². The highest BCUT2D eigenvalue weighted by molar-refractivity contribution is 4.74. The molecule has 0 aromatic heterocycles. The number of nitrogens with zero attached hydrogens (tertiary/aromatic N) is 1. The number of morpholine rings is 1. The van der Waals surface area contributed by atoms with Gasteiger partial charge < -0.3 is 10.1 Å². The van der Waals surface area contributed by atoms with Crippen LogP contribution >= 0.6 is 0 Å². The van der Waals surface area contributed by atoms with Crippen molar-refractivity contribution in [3.8, 4) is 0 Å². The third kappa shape index (κ3) is 5.84. The van der Waals surface area contributed by atoms with E-state index in [1.165, 1.54) is 25.8 Å². The van der Waals surface area contributed by atoms with Crippen molar-refractivity contribution in [3.05, 3.63) is 0 Å². The molecule has 0 aromatic rings. The molecule has 3 nitrogen and oxygen atoms in total. The first-order chi connectivity index (χ1) is 8.15. The Kier molecular flexibility index (Phi) is 7.09. The molecular formula is C14H30N2O. The zero-order chi connectivity index (χ0) is 12.7. The highest BCUT2D eigenvalue weighted by Crippen LogP contribution is 2.12. The summed E-state index contributed by atoms with van der Waals surface area (Å²) in [5.74, 6) is 0. The molecule has 1 aliphatic rings. The van der Waals surface area contributed by atoms with Gasteiger partial charge in [-0.2, -0.15) is 0 Å². The molecule has 0 aliphatic carbocycles. The van der Waals surface area contributed by atoms with Crippen LogP contribution in [0.5, 0.6) is 0 Å². The van der Waals surface area contributed by atoms with Gasteiger partial charge >= 0.3 is 0 Å². The Morgan fingerprint density at radius 2 is 1.88 bits per heavy atom. The maximum Gasteiger partial charge on any atom is 0.0678 e. The molecular weight excluding hydrogens is 212 g/mol. The minimum absolute atomic E-state index is 0.398. The summed E-state index contributed by atoms with van der Waals surface area (Å²) < 4.78 is 5.75. The Hall–Kier alpha value is -0.120. The molecule has 3 atom stereocenters. The first-order valence-corrected chi connectivity index (χ1v) is 7.26. The van der Waals surface area contributed by atoms with Crippen LogP contribution in [-0.2, 0) is 4.74 Å². The molecule has 1 N–H and O–H groups in total. The highest BCUT2D eigenvalue weighted by Gasteiger charge is 2.21. The summed E-state index contributed by atoms with van der Waals surface area (Å²) in [6, 6.07) is 0.705. The van der Waals surface area contributed by atoms with Gasteiger partial charge in [0.1, 0.15) is 0 Å². The largest absolute Gasteiger partial charge is 0.373 e. The first kappa shape index (κ1) is 14.9. The number of hydrogen-bond donors (Lipinski definition) is 1. The van der Waals surface area contributed by atoms with E-state index >= 15 is 0 Å². The fourth-order valence-electron chi connectivity index (χ4n) is 2.77. The zero-order valence-corrected chi connectivity index (χ0v) is 12.0. The van der Waals surface area contributed by atoms with Crippen LogP contribution in [-0.4, -0.2) is 49.3 Å². The smallest absolute Gasteiger partial charge is 0.0678 e. The molecule has 0 spiro atoms. The van der Waals surface area contributed by atoms with Gasteiger partial charge in [0.15, 0.2) is 0 Å². The fraction of sp³-hybridized carbons (Fsp3) is 1.00. The van der Waals surface area contributed by atoms with E-state index in [4.69, 9.17) is 4.74 Å². The molecule has 0 aromatic carbocycles. The summed E-state index contributed by atoms with van der Waals surface area (Å²) in [7, 11) is 0. The topological polar surface area (TPSA) is 24.5 Å². The van der Waals surface area contributed by atoms with Crippen LogP contribution in [0, 0.1) is 0 Å². The molecule has 1 rings (SSSR count). The summed E-state index contributed by atoms with van der Waals surface area (Å²) in [5.41, 5.74) is 0. The minimum atomic E-state index is 0.398. The van der Waals surface area contributed by atoms with Crippen molar-refractivity contribution in [2.24, 2.45) is 0 Å². The number of nitrogens with one attached hydrogen (secondary N) is 1. The summed E-state index contributed by atoms with van der Waals surface area (Å²) in [6.45, 7) is 13.3. The van der Waals surface area contributed by atoms with E-state index in [0.717, 1.165) is 19.6 Å². The van der Waals surface area contributed by atoms with Gasteiger partial charge in [0, 0.05) is 19.1 Å². The van der Waals surface area contributed by atoms with Crippen LogP contribution in [0.3, 0.4) is 0 Å². The lowest BCUT2D eigenvalue weighted by Crippen LogP contribution is -2.45. The lowest BCUT2D eigenvalue weighted by molar-refractivity contribution is -0.0682. The molecule has 1 saturated heterocycles. The third-order valence-corrected chi connectivity index (χ3v) is 3.51. The fourth-order valence-corrected chi connectivity index (χ4v) is 2.77. The van der Waals surface area contributed by atoms with E-state index in [9.17, 15) is 0 Å². The third-order valence-electron chi connectivity index (χ3n) is 3.51. The van der Waals surface area contributed by atoms with Gasteiger partial charge in [0.2, 0.25) is 0 Å². The molecule has 1 fully saturated rings. The van der Waals surface area contributed by atoms with Crippen molar-refractivity contribution < 1.29 is 4.74 Å². The molecule has 0 amide bonds. The van der Waals surface area contributed by atoms with Gasteiger partial charge in [0.05, 0.1) is 12.2 Å². The van der Waals surface area contributed by atoms with Gasteiger partial charge in [0.25, 0.3) is 0 Å². The monoisotopic (exact) mass is 242 g/mol. The molecule has 1 heterocycles. The second kappa shape index (κ2) is 8.06. The second-order valence-corrected chi connectivity index (χ2v) is 5.32. The SMILES string of the molecule is CCNC(CC)CCCN1C[C@@H](C)O[C@@H](C)C1. The number of ether oxygens (including phenoxy) is 1. The van der Waals surface area contributed by atoms with Crippen molar-refractivity contribution in [2.45, 2.75) is 65.2 Å². The van der Waals surface area contributed by atoms with Gasteiger partial charge in [-0.1, -0.05) is 13.8 Å². The quantitative estimate of drug-likeness (QED) is 0.741. The molecule has 1 unspecified atom stereocenters. The van der Waals surface area contributed by atoms with Gasteiger partial charge in [-0.05, 0) is 46.2 Å². The van der Waals surface area contributed by atoms with Crippen LogP contribution in [0.4, 0.5) is 0 Å². The van der Waals surface area contributed by atoms with Crippen molar-refractivity contribution in [1.29, 1.82) is 0 Å². The lowest BCUT2D eigenvalue weighted by Gasteiger charge is -2.35. The molecule has 102 valence electrons. The maximum atomic E-state index is 5.75. The van der Waals surface area contributed by atoms with Crippen LogP contribution < -0.4 is 5.32 Å². The van der Waals surface area contributed by atoms with E-state index < -0.39 is 0 Å². The molecule has 0 radical (unpaired) electrons. The molecule has 0 saturated carbocycles. The van der Waals surface area contributed by atoms with Crippen molar-refractivity contribution in [2.75, 3.05) is 26.2 Å². The van der Waals surface area contributed by atoms with Crippen molar-refractivity contribution in [3.63, 3.8) is 0 Å². The summed E-state index contributed by atoms with van der Waals surface area (Å²) in [5, 5.41) is 3.54.